The van der Waals surface area contributed by atoms with Crippen molar-refractivity contribution in [2.24, 2.45) is 0 Å². The minimum atomic E-state index is 0.0944. The van der Waals surface area contributed by atoms with E-state index < -0.39 is 0 Å². The number of hydrogen-bond acceptors (Lipinski definition) is 2. The van der Waals surface area contributed by atoms with Gasteiger partial charge in [0.25, 0.3) is 0 Å². The zero-order valence-corrected chi connectivity index (χ0v) is 12.8. The summed E-state index contributed by atoms with van der Waals surface area (Å²) in [7, 11) is 0. The quantitative estimate of drug-likeness (QED) is 0.717. The monoisotopic (exact) mass is 305 g/mol. The van der Waals surface area contributed by atoms with Gasteiger partial charge in [0.15, 0.2) is 0 Å². The highest BCUT2D eigenvalue weighted by atomic mass is 32.1. The molecule has 1 amide bonds. The first kappa shape index (κ1) is 13.3. The summed E-state index contributed by atoms with van der Waals surface area (Å²) < 4.78 is 0. The van der Waals surface area contributed by atoms with Crippen molar-refractivity contribution in [2.75, 3.05) is 5.32 Å². The molecule has 0 bridgehead atoms. The molecule has 0 aliphatic carbocycles. The molecule has 1 aliphatic heterocycles. The lowest BCUT2D eigenvalue weighted by Crippen LogP contribution is -2.22. The molecule has 0 spiro atoms. The lowest BCUT2D eigenvalue weighted by Gasteiger charge is -2.23. The van der Waals surface area contributed by atoms with Gasteiger partial charge in [0.1, 0.15) is 0 Å². The van der Waals surface area contributed by atoms with Crippen LogP contribution < -0.4 is 5.32 Å². The molecule has 2 nitrogen and oxygen atoms in total. The Morgan fingerprint density at radius 1 is 0.955 bits per heavy atom. The Morgan fingerprint density at radius 2 is 1.64 bits per heavy atom. The molecule has 0 fully saturated rings. The van der Waals surface area contributed by atoms with Crippen molar-refractivity contribution in [3.8, 4) is 11.1 Å². The van der Waals surface area contributed by atoms with E-state index in [9.17, 15) is 4.79 Å². The number of nitrogens with one attached hydrogen (secondary N) is 1. The van der Waals surface area contributed by atoms with Gasteiger partial charge in [-0.1, -0.05) is 60.7 Å². The second-order valence-electron chi connectivity index (χ2n) is 5.47. The number of amides is 1. The average molecular weight is 305 g/mol. The maximum Gasteiger partial charge on any atom is 0.225 e. The van der Waals surface area contributed by atoms with Crippen LogP contribution in [-0.4, -0.2) is 5.91 Å². The van der Waals surface area contributed by atoms with Gasteiger partial charge in [0, 0.05) is 28.2 Å². The number of rotatable bonds is 2. The molecule has 1 unspecified atom stereocenters. The molecule has 0 saturated heterocycles. The Morgan fingerprint density at radius 3 is 2.36 bits per heavy atom. The molecule has 1 aliphatic rings. The van der Waals surface area contributed by atoms with E-state index in [4.69, 9.17) is 0 Å². The Balaban J connectivity index is 1.83. The lowest BCUT2D eigenvalue weighted by molar-refractivity contribution is -0.116. The third kappa shape index (κ3) is 2.24. The average Bonchev–Trinajstić information content (AvgIpc) is 2.99. The highest BCUT2D eigenvalue weighted by Crippen LogP contribution is 2.46. The smallest absolute Gasteiger partial charge is 0.225 e. The van der Waals surface area contributed by atoms with Crippen molar-refractivity contribution in [1.29, 1.82) is 0 Å². The zero-order chi connectivity index (χ0) is 14.9. The third-order valence-electron chi connectivity index (χ3n) is 4.08. The molecule has 0 saturated carbocycles. The van der Waals surface area contributed by atoms with E-state index in [1.807, 2.05) is 36.4 Å². The van der Waals surface area contributed by atoms with E-state index in [0.29, 0.717) is 6.42 Å². The molecular formula is C19H15NOS. The van der Waals surface area contributed by atoms with Gasteiger partial charge in [-0.15, -0.1) is 11.3 Å². The molecule has 3 heteroatoms. The van der Waals surface area contributed by atoms with Crippen LogP contribution in [0.2, 0.25) is 0 Å². The van der Waals surface area contributed by atoms with Gasteiger partial charge >= 0.3 is 0 Å². The number of thiophene rings is 1. The van der Waals surface area contributed by atoms with E-state index in [1.165, 1.54) is 10.4 Å². The van der Waals surface area contributed by atoms with Gasteiger partial charge in [-0.2, -0.15) is 0 Å². The number of benzene rings is 2. The van der Waals surface area contributed by atoms with E-state index in [-0.39, 0.29) is 11.8 Å². The number of anilines is 1. The fourth-order valence-corrected chi connectivity index (χ4v) is 4.17. The summed E-state index contributed by atoms with van der Waals surface area (Å²) in [5.41, 5.74) is 4.46. The number of hydrogen-bond donors (Lipinski definition) is 1. The van der Waals surface area contributed by atoms with Gasteiger partial charge in [-0.25, -0.2) is 0 Å². The minimum Gasteiger partial charge on any atom is -0.325 e. The van der Waals surface area contributed by atoms with Crippen LogP contribution in [0.15, 0.2) is 66.0 Å². The number of carbonyl (C=O) groups is 1. The zero-order valence-electron chi connectivity index (χ0n) is 12.0. The van der Waals surface area contributed by atoms with Gasteiger partial charge in [0.05, 0.1) is 5.69 Å². The first-order valence-corrected chi connectivity index (χ1v) is 8.22. The summed E-state index contributed by atoms with van der Waals surface area (Å²) in [6.07, 6.45) is 0.520. The molecule has 2 heterocycles. The van der Waals surface area contributed by atoms with E-state index >= 15 is 0 Å². The third-order valence-corrected chi connectivity index (χ3v) is 5.17. The molecule has 2 aromatic carbocycles. The predicted molar refractivity (Wildman–Crippen MR) is 91.3 cm³/mol. The number of fused-ring (bicyclic) bond motifs is 1. The Kier molecular flexibility index (Phi) is 3.28. The fourth-order valence-electron chi connectivity index (χ4n) is 3.01. The second-order valence-corrected chi connectivity index (χ2v) is 6.38. The molecule has 3 aromatic rings. The molecular weight excluding hydrogens is 290 g/mol. The Hall–Kier alpha value is -2.39. The van der Waals surface area contributed by atoms with Gasteiger partial charge in [-0.3, -0.25) is 4.79 Å². The molecule has 22 heavy (non-hydrogen) atoms. The van der Waals surface area contributed by atoms with Gasteiger partial charge in [0.2, 0.25) is 5.91 Å². The van der Waals surface area contributed by atoms with Gasteiger partial charge in [-0.05, 0) is 11.1 Å². The first-order valence-electron chi connectivity index (χ1n) is 7.34. The van der Waals surface area contributed by atoms with Crippen molar-refractivity contribution in [2.45, 2.75) is 12.3 Å². The highest BCUT2D eigenvalue weighted by molar-refractivity contribution is 7.11. The van der Waals surface area contributed by atoms with E-state index in [2.05, 4.69) is 35.0 Å². The van der Waals surface area contributed by atoms with Crippen LogP contribution in [0.25, 0.3) is 11.1 Å². The summed E-state index contributed by atoms with van der Waals surface area (Å²) in [4.78, 5) is 13.4. The topological polar surface area (TPSA) is 29.1 Å². The second kappa shape index (κ2) is 5.43. The predicted octanol–water partition coefficient (Wildman–Crippen LogP) is 4.89. The van der Waals surface area contributed by atoms with Crippen LogP contribution in [0.3, 0.4) is 0 Å². The van der Waals surface area contributed by atoms with Crippen molar-refractivity contribution >= 4 is 22.9 Å². The van der Waals surface area contributed by atoms with Crippen LogP contribution >= 0.6 is 11.3 Å². The summed E-state index contributed by atoms with van der Waals surface area (Å²) in [5, 5.41) is 5.23. The van der Waals surface area contributed by atoms with Crippen molar-refractivity contribution in [1.82, 2.24) is 0 Å². The molecule has 108 valence electrons. The lowest BCUT2D eigenvalue weighted by atomic mass is 9.89. The Labute approximate surface area is 133 Å². The summed E-state index contributed by atoms with van der Waals surface area (Å²) in [6, 6.07) is 20.5. The van der Waals surface area contributed by atoms with Crippen molar-refractivity contribution in [3.63, 3.8) is 0 Å². The van der Waals surface area contributed by atoms with Crippen LogP contribution in [0, 0.1) is 0 Å². The summed E-state index contributed by atoms with van der Waals surface area (Å²) >= 11 is 1.74. The fraction of sp³-hybridized carbons (Fsp3) is 0.105. The molecule has 1 atom stereocenters. The van der Waals surface area contributed by atoms with Crippen LogP contribution in [0.1, 0.15) is 22.8 Å². The highest BCUT2D eigenvalue weighted by Gasteiger charge is 2.30. The number of carbonyl (C=O) groups excluding carboxylic acids is 1. The van der Waals surface area contributed by atoms with Crippen molar-refractivity contribution in [3.05, 3.63) is 76.5 Å². The molecule has 1 aromatic heterocycles. The van der Waals surface area contributed by atoms with Crippen molar-refractivity contribution < 1.29 is 4.79 Å². The van der Waals surface area contributed by atoms with E-state index in [1.54, 1.807) is 11.3 Å². The van der Waals surface area contributed by atoms with E-state index in [0.717, 1.165) is 16.8 Å². The minimum absolute atomic E-state index is 0.0944. The first-order chi connectivity index (χ1) is 10.8. The maximum absolute atomic E-state index is 12.2. The molecule has 0 radical (unpaired) electrons. The van der Waals surface area contributed by atoms with Gasteiger partial charge < -0.3 is 5.32 Å². The summed E-state index contributed by atoms with van der Waals surface area (Å²) in [5.74, 6) is 0.254. The largest absolute Gasteiger partial charge is 0.325 e. The van der Waals surface area contributed by atoms with Crippen LogP contribution in [-0.2, 0) is 4.79 Å². The Bertz CT molecular complexity index is 808. The SMILES string of the molecule is O=C1CC(c2ccccc2)c2scc(-c3ccccc3)c2N1. The normalized spacial score (nSPS) is 16.9. The molecule has 4 rings (SSSR count). The van der Waals surface area contributed by atoms with Crippen LogP contribution in [0.4, 0.5) is 5.69 Å². The van der Waals surface area contributed by atoms with Crippen LogP contribution in [0.5, 0.6) is 0 Å². The summed E-state index contributed by atoms with van der Waals surface area (Å²) in [6.45, 7) is 0. The maximum atomic E-state index is 12.2. The molecule has 1 N–H and O–H groups in total. The standard InChI is InChI=1S/C19H15NOS/c21-17-11-15(13-7-3-1-4-8-13)19-18(20-17)16(12-22-19)14-9-5-2-6-10-14/h1-10,12,15H,11H2,(H,20,21).